The number of nitrogens with zero attached hydrogens (tertiary/aromatic N) is 3. The van der Waals surface area contributed by atoms with Crippen molar-refractivity contribution in [2.45, 2.75) is 6.42 Å². The first-order valence-electron chi connectivity index (χ1n) is 10.9. The van der Waals surface area contributed by atoms with Crippen LogP contribution < -0.4 is 0 Å². The van der Waals surface area contributed by atoms with Crippen molar-refractivity contribution in [1.29, 1.82) is 0 Å². The lowest BCUT2D eigenvalue weighted by molar-refractivity contribution is 0.0302. The normalized spacial score (nSPS) is 17.9. The number of rotatable bonds is 5. The molecule has 1 aromatic carbocycles. The number of morpholine rings is 2. The van der Waals surface area contributed by atoms with E-state index in [0.29, 0.717) is 31.9 Å². The summed E-state index contributed by atoms with van der Waals surface area (Å²) in [5.41, 5.74) is 3.36. The highest BCUT2D eigenvalue weighted by atomic mass is 16.5. The van der Waals surface area contributed by atoms with Crippen LogP contribution in [-0.2, 0) is 15.9 Å². The molecule has 2 saturated heterocycles. The average Bonchev–Trinajstić information content (AvgIpc) is 3.26. The van der Waals surface area contributed by atoms with E-state index in [1.165, 1.54) is 0 Å². The Morgan fingerprint density at radius 1 is 0.935 bits per heavy atom. The van der Waals surface area contributed by atoms with Crippen molar-refractivity contribution >= 4 is 16.9 Å². The van der Waals surface area contributed by atoms with Gasteiger partial charge in [0.2, 0.25) is 0 Å². The molecule has 0 saturated carbocycles. The van der Waals surface area contributed by atoms with Crippen LogP contribution in [0, 0.1) is 0 Å². The third-order valence-electron chi connectivity index (χ3n) is 5.95. The van der Waals surface area contributed by atoms with Gasteiger partial charge in [-0.1, -0.05) is 0 Å². The van der Waals surface area contributed by atoms with Crippen molar-refractivity contribution in [3.8, 4) is 11.3 Å². The molecule has 0 unspecified atom stereocenters. The molecule has 7 heteroatoms. The van der Waals surface area contributed by atoms with Crippen LogP contribution in [0.25, 0.3) is 22.2 Å². The number of hydrogen-bond donors (Lipinski definition) is 0. The molecule has 2 fully saturated rings. The lowest BCUT2D eigenvalue weighted by Gasteiger charge is -2.26. The maximum atomic E-state index is 12.6. The maximum absolute atomic E-state index is 12.6. The first-order valence-corrected chi connectivity index (χ1v) is 10.9. The predicted molar refractivity (Wildman–Crippen MR) is 117 cm³/mol. The Kier molecular flexibility index (Phi) is 5.97. The highest BCUT2D eigenvalue weighted by Gasteiger charge is 2.19. The number of furan rings is 1. The summed E-state index contributed by atoms with van der Waals surface area (Å²) >= 11 is 0. The lowest BCUT2D eigenvalue weighted by Crippen LogP contribution is -2.40. The molecular weight excluding hydrogens is 394 g/mol. The van der Waals surface area contributed by atoms with E-state index in [9.17, 15) is 4.79 Å². The molecule has 0 bridgehead atoms. The molecule has 0 aliphatic carbocycles. The number of carbonyl (C=O) groups excluding carboxylic acids is 1. The Bertz CT molecular complexity index is 1030. The molecule has 7 nitrogen and oxygen atoms in total. The zero-order chi connectivity index (χ0) is 21.0. The smallest absolute Gasteiger partial charge is 0.255 e. The number of benzene rings is 1. The molecule has 5 rings (SSSR count). The predicted octanol–water partition coefficient (Wildman–Crippen LogP) is 2.84. The second-order valence-electron chi connectivity index (χ2n) is 8.01. The summed E-state index contributed by atoms with van der Waals surface area (Å²) in [5.74, 6) is 1.01. The quantitative estimate of drug-likeness (QED) is 0.631. The molecule has 2 aromatic heterocycles. The van der Waals surface area contributed by atoms with E-state index in [-0.39, 0.29) is 5.91 Å². The zero-order valence-corrected chi connectivity index (χ0v) is 17.6. The number of hydrogen-bond acceptors (Lipinski definition) is 6. The van der Waals surface area contributed by atoms with Crippen LogP contribution in [0.2, 0.25) is 0 Å². The summed E-state index contributed by atoms with van der Waals surface area (Å²) in [5, 5.41) is 1.07. The van der Waals surface area contributed by atoms with E-state index in [4.69, 9.17) is 13.9 Å². The topological polar surface area (TPSA) is 68.0 Å². The molecule has 3 aromatic rings. The van der Waals surface area contributed by atoms with Crippen molar-refractivity contribution in [3.63, 3.8) is 0 Å². The Labute approximate surface area is 181 Å². The molecule has 0 N–H and O–H groups in total. The molecule has 0 radical (unpaired) electrons. The minimum Gasteiger partial charge on any atom is -0.461 e. The maximum Gasteiger partial charge on any atom is 0.255 e. The minimum absolute atomic E-state index is 0.0116. The van der Waals surface area contributed by atoms with Crippen molar-refractivity contribution < 1.29 is 18.7 Å². The Morgan fingerprint density at radius 2 is 1.71 bits per heavy atom. The van der Waals surface area contributed by atoms with Gasteiger partial charge in [0.25, 0.3) is 5.91 Å². The second-order valence-corrected chi connectivity index (χ2v) is 8.01. The van der Waals surface area contributed by atoms with Gasteiger partial charge in [-0.05, 0) is 36.4 Å². The Balaban J connectivity index is 1.27. The van der Waals surface area contributed by atoms with Gasteiger partial charge >= 0.3 is 0 Å². The molecule has 162 valence electrons. The van der Waals surface area contributed by atoms with E-state index in [2.05, 4.69) is 22.0 Å². The van der Waals surface area contributed by atoms with Crippen molar-refractivity contribution in [3.05, 3.63) is 53.9 Å². The van der Waals surface area contributed by atoms with Gasteiger partial charge in [0.15, 0.2) is 0 Å². The number of carbonyl (C=O) groups is 1. The van der Waals surface area contributed by atoms with Crippen LogP contribution in [0.4, 0.5) is 0 Å². The summed E-state index contributed by atoms with van der Waals surface area (Å²) in [6, 6.07) is 12.0. The van der Waals surface area contributed by atoms with Gasteiger partial charge in [0, 0.05) is 56.3 Å². The average molecular weight is 421 g/mol. The molecular formula is C24H27N3O4. The number of pyridine rings is 1. The Hall–Kier alpha value is -2.74. The fourth-order valence-corrected chi connectivity index (χ4v) is 4.11. The number of amides is 1. The first kappa shape index (κ1) is 20.2. The van der Waals surface area contributed by atoms with Crippen molar-refractivity contribution in [2.24, 2.45) is 0 Å². The van der Waals surface area contributed by atoms with Crippen LogP contribution in [0.5, 0.6) is 0 Å². The standard InChI is InChI=1S/C24H27N3O4/c28-24(27-9-13-30-14-10-27)19-1-3-22(25-17-19)18-2-4-23-20(15-18)16-21(31-23)5-6-26-7-11-29-12-8-26/h1-4,15-17H,5-14H2. The van der Waals surface area contributed by atoms with Gasteiger partial charge in [0.1, 0.15) is 11.3 Å². The van der Waals surface area contributed by atoms with Gasteiger partial charge < -0.3 is 18.8 Å². The van der Waals surface area contributed by atoms with Gasteiger partial charge in [-0.15, -0.1) is 0 Å². The third-order valence-corrected chi connectivity index (χ3v) is 5.95. The van der Waals surface area contributed by atoms with Gasteiger partial charge in [-0.2, -0.15) is 0 Å². The van der Waals surface area contributed by atoms with Crippen LogP contribution in [-0.4, -0.2) is 79.8 Å². The SMILES string of the molecule is O=C(c1ccc(-c2ccc3oc(CCN4CCOCC4)cc3c2)nc1)N1CCOCC1. The van der Waals surface area contributed by atoms with Crippen LogP contribution >= 0.6 is 0 Å². The van der Waals surface area contributed by atoms with Gasteiger partial charge in [-0.25, -0.2) is 0 Å². The molecule has 2 aliphatic heterocycles. The van der Waals surface area contributed by atoms with Crippen LogP contribution in [0.3, 0.4) is 0 Å². The highest BCUT2D eigenvalue weighted by molar-refractivity contribution is 5.94. The molecule has 31 heavy (non-hydrogen) atoms. The van der Waals surface area contributed by atoms with E-state index in [1.807, 2.05) is 29.2 Å². The number of aromatic nitrogens is 1. The van der Waals surface area contributed by atoms with Gasteiger partial charge in [0.05, 0.1) is 37.7 Å². The van der Waals surface area contributed by atoms with Gasteiger partial charge in [-0.3, -0.25) is 14.7 Å². The van der Waals surface area contributed by atoms with Crippen LogP contribution in [0.15, 0.2) is 47.0 Å². The highest BCUT2D eigenvalue weighted by Crippen LogP contribution is 2.26. The number of ether oxygens (including phenoxy) is 2. The zero-order valence-electron chi connectivity index (χ0n) is 17.6. The van der Waals surface area contributed by atoms with Crippen molar-refractivity contribution in [1.82, 2.24) is 14.8 Å². The summed E-state index contributed by atoms with van der Waals surface area (Å²) in [6.07, 6.45) is 2.56. The summed E-state index contributed by atoms with van der Waals surface area (Å²) in [6.45, 7) is 7.03. The fourth-order valence-electron chi connectivity index (χ4n) is 4.11. The minimum atomic E-state index is 0.0116. The molecule has 0 spiro atoms. The summed E-state index contributed by atoms with van der Waals surface area (Å²) in [4.78, 5) is 21.4. The first-order chi connectivity index (χ1) is 15.3. The summed E-state index contributed by atoms with van der Waals surface area (Å²) in [7, 11) is 0. The summed E-state index contributed by atoms with van der Waals surface area (Å²) < 4.78 is 16.8. The van der Waals surface area contributed by atoms with E-state index in [0.717, 1.165) is 67.3 Å². The Morgan fingerprint density at radius 3 is 2.45 bits per heavy atom. The largest absolute Gasteiger partial charge is 0.461 e. The van der Waals surface area contributed by atoms with E-state index in [1.54, 1.807) is 6.20 Å². The number of fused-ring (bicyclic) bond motifs is 1. The third kappa shape index (κ3) is 4.63. The van der Waals surface area contributed by atoms with Crippen LogP contribution in [0.1, 0.15) is 16.1 Å². The molecule has 2 aliphatic rings. The van der Waals surface area contributed by atoms with E-state index >= 15 is 0 Å². The lowest BCUT2D eigenvalue weighted by atomic mass is 10.1. The van der Waals surface area contributed by atoms with E-state index < -0.39 is 0 Å². The second kappa shape index (κ2) is 9.18. The fraction of sp³-hybridized carbons (Fsp3) is 0.417. The monoisotopic (exact) mass is 421 g/mol. The van der Waals surface area contributed by atoms with Crippen molar-refractivity contribution in [2.75, 3.05) is 59.2 Å². The molecule has 1 amide bonds. The molecule has 4 heterocycles. The molecule has 0 atom stereocenters.